The molecule has 0 N–H and O–H groups in total. The van der Waals surface area contributed by atoms with E-state index in [1.807, 2.05) is 22.9 Å². The summed E-state index contributed by atoms with van der Waals surface area (Å²) in [5.41, 5.74) is 0. The van der Waals surface area contributed by atoms with E-state index in [4.69, 9.17) is 0 Å². The fraction of sp³-hybridized carbons (Fsp3) is 0. The molecule has 1 rings (SSSR count). The second kappa shape index (κ2) is 7.70. The summed E-state index contributed by atoms with van der Waals surface area (Å²) in [6.45, 7) is 0. The van der Waals surface area contributed by atoms with E-state index in [1.165, 1.54) is 0 Å². The molecule has 30 valence electrons. The maximum Gasteiger partial charge on any atom is 1.00 e. The van der Waals surface area contributed by atoms with Gasteiger partial charge in [0.25, 0.3) is 0 Å². The van der Waals surface area contributed by atoms with Crippen molar-refractivity contribution in [3.8, 4) is 0 Å². The molecule has 0 atom stereocenters. The summed E-state index contributed by atoms with van der Waals surface area (Å²) in [4.78, 5) is 0. The van der Waals surface area contributed by atoms with Crippen molar-refractivity contribution in [2.75, 3.05) is 0 Å². The van der Waals surface area contributed by atoms with Gasteiger partial charge in [0.05, 0.1) is 0 Å². The van der Waals surface area contributed by atoms with Gasteiger partial charge >= 0.3 is 59.1 Å². The van der Waals surface area contributed by atoms with Crippen LogP contribution in [0.2, 0.25) is 0 Å². The summed E-state index contributed by atoms with van der Waals surface area (Å²) >= 11 is 1.71. The molecule has 1 aromatic rings. The molecule has 0 aliphatic rings. The molecule has 0 nitrogen and oxygen atoms in total. The Kier molecular flexibility index (Phi) is 12.6. The Hall–Kier alpha value is 1.70. The van der Waals surface area contributed by atoms with E-state index >= 15 is 0 Å². The molecule has 0 saturated heterocycles. The summed E-state index contributed by atoms with van der Waals surface area (Å²) < 4.78 is 0. The second-order valence-corrected chi connectivity index (χ2v) is 1.61. The molecular formula is C4H6Na2S. The van der Waals surface area contributed by atoms with Gasteiger partial charge < -0.3 is 2.85 Å². The van der Waals surface area contributed by atoms with E-state index in [1.54, 1.807) is 11.3 Å². The van der Waals surface area contributed by atoms with Crippen molar-refractivity contribution in [2.45, 2.75) is 0 Å². The van der Waals surface area contributed by atoms with Gasteiger partial charge in [0.2, 0.25) is 0 Å². The SMILES string of the molecule is [H-].[H-].[Na+].[Na+].c1ccsc1. The largest absolute Gasteiger partial charge is 1.00 e. The molecule has 0 spiro atoms. The molecule has 0 amide bonds. The van der Waals surface area contributed by atoms with Gasteiger partial charge in [0.1, 0.15) is 0 Å². The Balaban J connectivity index is -0.0000000312. The van der Waals surface area contributed by atoms with Crippen molar-refractivity contribution in [2.24, 2.45) is 0 Å². The summed E-state index contributed by atoms with van der Waals surface area (Å²) in [7, 11) is 0. The molecule has 0 aliphatic carbocycles. The first-order valence-electron chi connectivity index (χ1n) is 1.47. The minimum Gasteiger partial charge on any atom is -1.00 e. The third-order valence-electron chi connectivity index (χ3n) is 0.425. The molecule has 1 heterocycles. The van der Waals surface area contributed by atoms with Crippen LogP contribution < -0.4 is 59.1 Å². The van der Waals surface area contributed by atoms with Gasteiger partial charge in [-0.1, -0.05) is 12.1 Å². The van der Waals surface area contributed by atoms with Crippen molar-refractivity contribution in [1.82, 2.24) is 0 Å². The minimum atomic E-state index is 0. The zero-order valence-corrected chi connectivity index (χ0v) is 9.53. The third kappa shape index (κ3) is 5.57. The molecule has 0 aliphatic heterocycles. The molecule has 3 heteroatoms. The number of rotatable bonds is 0. The maximum atomic E-state index is 2.04. The van der Waals surface area contributed by atoms with Gasteiger partial charge in [-0.2, -0.15) is 11.3 Å². The predicted octanol–water partition coefficient (Wildman–Crippen LogP) is -4.02. The normalized spacial score (nSPS) is 5.71. The van der Waals surface area contributed by atoms with E-state index in [2.05, 4.69) is 0 Å². The van der Waals surface area contributed by atoms with Crippen molar-refractivity contribution < 1.29 is 62.0 Å². The summed E-state index contributed by atoms with van der Waals surface area (Å²) in [6.07, 6.45) is 0. The average Bonchev–Trinajstić information content (AvgIpc) is 1.76. The van der Waals surface area contributed by atoms with Gasteiger partial charge in [-0.25, -0.2) is 0 Å². The van der Waals surface area contributed by atoms with Gasteiger partial charge in [-0.15, -0.1) is 0 Å². The van der Waals surface area contributed by atoms with E-state index in [0.717, 1.165) is 0 Å². The van der Waals surface area contributed by atoms with Gasteiger partial charge in [0.15, 0.2) is 0 Å². The summed E-state index contributed by atoms with van der Waals surface area (Å²) in [5, 5.41) is 4.08. The Morgan fingerprint density at radius 2 is 1.43 bits per heavy atom. The summed E-state index contributed by atoms with van der Waals surface area (Å²) in [6, 6.07) is 4.04. The molecule has 0 radical (unpaired) electrons. The van der Waals surface area contributed by atoms with Crippen molar-refractivity contribution in [1.29, 1.82) is 0 Å². The van der Waals surface area contributed by atoms with Crippen molar-refractivity contribution in [3.05, 3.63) is 22.9 Å². The van der Waals surface area contributed by atoms with Crippen LogP contribution in [0, 0.1) is 0 Å². The fourth-order valence-electron chi connectivity index (χ4n) is 0.227. The van der Waals surface area contributed by atoms with Crippen LogP contribution in [0.25, 0.3) is 0 Å². The quantitative estimate of drug-likeness (QED) is 0.315. The molecular weight excluding hydrogens is 126 g/mol. The standard InChI is InChI=1S/C4H4S.2Na.2H/c1-2-4-5-3-1;;;;/h1-4H;;;;/q;2*+1;2*-1. The molecule has 0 saturated carbocycles. The van der Waals surface area contributed by atoms with Crippen LogP contribution in [0.15, 0.2) is 22.9 Å². The molecule has 7 heavy (non-hydrogen) atoms. The Morgan fingerprint density at radius 1 is 1.00 bits per heavy atom. The zero-order chi connectivity index (χ0) is 3.54. The minimum absolute atomic E-state index is 0. The molecule has 0 unspecified atom stereocenters. The number of hydrogen-bond acceptors (Lipinski definition) is 1. The van der Waals surface area contributed by atoms with Crippen LogP contribution >= 0.6 is 11.3 Å². The van der Waals surface area contributed by atoms with Crippen LogP contribution in [0.1, 0.15) is 2.85 Å². The van der Waals surface area contributed by atoms with Crippen LogP contribution in [0.5, 0.6) is 0 Å². The Bertz CT molecular complexity index is 73.0. The number of hydrogen-bond donors (Lipinski definition) is 0. The second-order valence-electron chi connectivity index (χ2n) is 0.793. The van der Waals surface area contributed by atoms with Gasteiger partial charge in [-0.05, 0) is 10.8 Å². The Morgan fingerprint density at radius 3 is 1.57 bits per heavy atom. The third-order valence-corrected chi connectivity index (χ3v) is 1.05. The van der Waals surface area contributed by atoms with E-state index < -0.39 is 0 Å². The molecule has 0 bridgehead atoms. The van der Waals surface area contributed by atoms with Crippen molar-refractivity contribution >= 4 is 11.3 Å². The molecule has 0 fully saturated rings. The summed E-state index contributed by atoms with van der Waals surface area (Å²) in [5.74, 6) is 0. The zero-order valence-electron chi connectivity index (χ0n) is 6.72. The Labute approximate surface area is 94.9 Å². The van der Waals surface area contributed by atoms with Crippen molar-refractivity contribution in [3.63, 3.8) is 0 Å². The van der Waals surface area contributed by atoms with E-state index in [0.29, 0.717) is 0 Å². The molecule has 1 aromatic heterocycles. The van der Waals surface area contributed by atoms with Gasteiger partial charge in [0, 0.05) is 0 Å². The smallest absolute Gasteiger partial charge is 1.00 e. The van der Waals surface area contributed by atoms with Gasteiger partial charge in [-0.3, -0.25) is 0 Å². The predicted molar refractivity (Wildman–Crippen MR) is 26.5 cm³/mol. The van der Waals surface area contributed by atoms with Crippen LogP contribution in [0.3, 0.4) is 0 Å². The van der Waals surface area contributed by atoms with Crippen LogP contribution in [0.4, 0.5) is 0 Å². The monoisotopic (exact) mass is 132 g/mol. The van der Waals surface area contributed by atoms with Crippen LogP contribution in [-0.4, -0.2) is 0 Å². The first-order chi connectivity index (χ1) is 2.50. The maximum absolute atomic E-state index is 2.04. The first-order valence-corrected chi connectivity index (χ1v) is 2.41. The average molecular weight is 132 g/mol. The molecule has 0 aromatic carbocycles. The topological polar surface area (TPSA) is 0 Å². The van der Waals surface area contributed by atoms with E-state index in [-0.39, 0.29) is 62.0 Å². The first kappa shape index (κ1) is 11.5. The number of thiophene rings is 1. The van der Waals surface area contributed by atoms with E-state index in [9.17, 15) is 0 Å². The van der Waals surface area contributed by atoms with Crippen LogP contribution in [-0.2, 0) is 0 Å². The fourth-order valence-corrected chi connectivity index (χ4v) is 0.680.